The van der Waals surface area contributed by atoms with Gasteiger partial charge in [0.1, 0.15) is 5.82 Å². The van der Waals surface area contributed by atoms with E-state index in [9.17, 15) is 13.2 Å². The number of hydrogen-bond acceptors (Lipinski definition) is 5. The molecule has 0 atom stereocenters. The first-order valence-electron chi connectivity index (χ1n) is 4.81. The summed E-state index contributed by atoms with van der Waals surface area (Å²) in [7, 11) is -3.74. The van der Waals surface area contributed by atoms with Crippen molar-refractivity contribution in [2.75, 3.05) is 4.72 Å². The average Bonchev–Trinajstić information content (AvgIpc) is 2.79. The number of sulfonamides is 1. The molecule has 6 nitrogen and oxygen atoms in total. The number of hydrogen-bond donors (Lipinski definition) is 2. The third-order valence-electron chi connectivity index (χ3n) is 2.03. The van der Waals surface area contributed by atoms with Crippen LogP contribution < -0.4 is 10.5 Å². The molecule has 94 valence electrons. The van der Waals surface area contributed by atoms with E-state index in [1.807, 2.05) is 0 Å². The third kappa shape index (κ3) is 2.66. The van der Waals surface area contributed by atoms with Gasteiger partial charge < -0.3 is 5.73 Å². The summed E-state index contributed by atoms with van der Waals surface area (Å²) < 4.78 is 26.2. The van der Waals surface area contributed by atoms with E-state index in [4.69, 9.17) is 5.73 Å². The van der Waals surface area contributed by atoms with Crippen LogP contribution in [0.1, 0.15) is 9.67 Å². The number of anilines is 1. The number of amides is 1. The van der Waals surface area contributed by atoms with Crippen LogP contribution in [0.2, 0.25) is 0 Å². The smallest absolute Gasteiger partial charge is 0.263 e. The first-order chi connectivity index (χ1) is 8.49. The van der Waals surface area contributed by atoms with Gasteiger partial charge in [-0.25, -0.2) is 13.4 Å². The summed E-state index contributed by atoms with van der Waals surface area (Å²) in [6.45, 7) is 0. The normalized spacial score (nSPS) is 11.1. The average molecular weight is 283 g/mol. The molecule has 2 rings (SSSR count). The number of pyridine rings is 1. The van der Waals surface area contributed by atoms with Crippen molar-refractivity contribution in [1.29, 1.82) is 0 Å². The number of nitrogens with one attached hydrogen (secondary N) is 1. The molecule has 3 N–H and O–H groups in total. The Morgan fingerprint density at radius 3 is 2.72 bits per heavy atom. The van der Waals surface area contributed by atoms with Crippen molar-refractivity contribution in [3.8, 4) is 0 Å². The zero-order chi connectivity index (χ0) is 13.2. The Labute approximate surface area is 108 Å². The number of thiophene rings is 1. The number of nitrogens with zero attached hydrogens (tertiary/aromatic N) is 1. The molecule has 0 radical (unpaired) electrons. The highest BCUT2D eigenvalue weighted by molar-refractivity contribution is 7.92. The number of rotatable bonds is 4. The predicted octanol–water partition coefficient (Wildman–Crippen LogP) is 1.04. The Morgan fingerprint density at radius 1 is 1.39 bits per heavy atom. The van der Waals surface area contributed by atoms with Crippen LogP contribution >= 0.6 is 11.3 Å². The van der Waals surface area contributed by atoms with Crippen LogP contribution in [0.5, 0.6) is 0 Å². The van der Waals surface area contributed by atoms with Crippen molar-refractivity contribution in [1.82, 2.24) is 4.98 Å². The molecule has 18 heavy (non-hydrogen) atoms. The van der Waals surface area contributed by atoms with Crippen LogP contribution in [0, 0.1) is 0 Å². The van der Waals surface area contributed by atoms with E-state index in [1.165, 1.54) is 23.7 Å². The minimum absolute atomic E-state index is 0.00745. The second-order valence-electron chi connectivity index (χ2n) is 3.33. The minimum Gasteiger partial charge on any atom is -0.365 e. The van der Waals surface area contributed by atoms with Gasteiger partial charge in [0.25, 0.3) is 15.9 Å². The molecular formula is C10H9N3O3S2. The lowest BCUT2D eigenvalue weighted by Crippen LogP contribution is -2.13. The molecule has 0 spiro atoms. The van der Waals surface area contributed by atoms with Gasteiger partial charge >= 0.3 is 0 Å². The zero-order valence-electron chi connectivity index (χ0n) is 9.03. The van der Waals surface area contributed by atoms with Crippen LogP contribution in [0.15, 0.2) is 40.7 Å². The maximum Gasteiger partial charge on any atom is 0.263 e. The van der Waals surface area contributed by atoms with Crippen LogP contribution in [0.25, 0.3) is 0 Å². The quantitative estimate of drug-likeness (QED) is 0.875. The third-order valence-corrected chi connectivity index (χ3v) is 4.46. The molecule has 0 aromatic carbocycles. The Bertz CT molecular complexity index is 665. The van der Waals surface area contributed by atoms with Gasteiger partial charge in [0.05, 0.1) is 9.77 Å². The molecule has 2 aromatic heterocycles. The Hall–Kier alpha value is -1.93. The summed E-state index contributed by atoms with van der Waals surface area (Å²) in [5.74, 6) is -0.441. The first kappa shape index (κ1) is 12.5. The van der Waals surface area contributed by atoms with E-state index in [0.29, 0.717) is 0 Å². The maximum atomic E-state index is 11.9. The van der Waals surface area contributed by atoms with Gasteiger partial charge in [-0.3, -0.25) is 9.52 Å². The summed E-state index contributed by atoms with van der Waals surface area (Å²) in [6.07, 6.45) is 1.47. The van der Waals surface area contributed by atoms with Crippen LogP contribution in [0.4, 0.5) is 5.82 Å². The summed E-state index contributed by atoms with van der Waals surface area (Å²) in [5, 5.41) is 1.35. The first-order valence-corrected chi connectivity index (χ1v) is 7.17. The molecule has 0 saturated heterocycles. The van der Waals surface area contributed by atoms with Crippen molar-refractivity contribution in [2.45, 2.75) is 4.90 Å². The maximum absolute atomic E-state index is 11.9. The van der Waals surface area contributed by atoms with Crippen molar-refractivity contribution < 1.29 is 13.2 Å². The number of carbonyl (C=O) groups is 1. The van der Waals surface area contributed by atoms with Crippen LogP contribution in [0.3, 0.4) is 0 Å². The van der Waals surface area contributed by atoms with E-state index in [-0.39, 0.29) is 15.6 Å². The topological polar surface area (TPSA) is 102 Å². The minimum atomic E-state index is -3.74. The lowest BCUT2D eigenvalue weighted by molar-refractivity contribution is 0.100. The molecule has 0 unspecified atom stereocenters. The molecule has 0 saturated carbocycles. The van der Waals surface area contributed by atoms with Crippen molar-refractivity contribution in [3.63, 3.8) is 0 Å². The van der Waals surface area contributed by atoms with Crippen LogP contribution in [-0.4, -0.2) is 19.3 Å². The monoisotopic (exact) mass is 283 g/mol. The fourth-order valence-electron chi connectivity index (χ4n) is 1.21. The fraction of sp³-hybridized carbons (Fsp3) is 0. The number of carbonyl (C=O) groups excluding carboxylic acids is 1. The largest absolute Gasteiger partial charge is 0.365 e. The number of nitrogens with two attached hydrogens (primary N) is 1. The van der Waals surface area contributed by atoms with Gasteiger partial charge in [0.15, 0.2) is 0 Å². The molecular weight excluding hydrogens is 274 g/mol. The van der Waals surface area contributed by atoms with E-state index in [1.54, 1.807) is 12.1 Å². The second-order valence-corrected chi connectivity index (χ2v) is 5.93. The molecule has 2 heterocycles. The predicted molar refractivity (Wildman–Crippen MR) is 67.9 cm³/mol. The molecule has 0 aliphatic carbocycles. The summed E-state index contributed by atoms with van der Waals surface area (Å²) in [4.78, 5) is 14.9. The summed E-state index contributed by atoms with van der Waals surface area (Å²) in [6, 6.07) is 6.10. The van der Waals surface area contributed by atoms with Gasteiger partial charge in [-0.2, -0.15) is 0 Å². The Kier molecular flexibility index (Phi) is 3.30. The molecule has 8 heteroatoms. The van der Waals surface area contributed by atoms with E-state index in [2.05, 4.69) is 9.71 Å². The highest BCUT2D eigenvalue weighted by atomic mass is 32.2. The van der Waals surface area contributed by atoms with E-state index < -0.39 is 15.9 Å². The second kappa shape index (κ2) is 4.75. The van der Waals surface area contributed by atoms with E-state index in [0.717, 1.165) is 11.3 Å². The fourth-order valence-corrected chi connectivity index (χ4v) is 3.34. The summed E-state index contributed by atoms with van der Waals surface area (Å²) in [5.41, 5.74) is 5.07. The van der Waals surface area contributed by atoms with Gasteiger partial charge in [-0.05, 0) is 18.2 Å². The van der Waals surface area contributed by atoms with Gasteiger partial charge in [0.2, 0.25) is 0 Å². The zero-order valence-corrected chi connectivity index (χ0v) is 10.7. The lowest BCUT2D eigenvalue weighted by Gasteiger charge is -2.04. The van der Waals surface area contributed by atoms with Crippen molar-refractivity contribution in [2.24, 2.45) is 5.73 Å². The molecule has 0 aliphatic rings. The Balaban J connectivity index is 2.28. The molecule has 0 bridgehead atoms. The highest BCUT2D eigenvalue weighted by Crippen LogP contribution is 2.20. The van der Waals surface area contributed by atoms with Crippen molar-refractivity contribution in [3.05, 3.63) is 40.7 Å². The SMILES string of the molecule is NC(=O)c1cc(S(=O)(=O)Nc2ccccn2)cs1. The standard InChI is InChI=1S/C10H9N3O3S2/c11-10(14)8-5-7(6-17-8)18(15,16)13-9-3-1-2-4-12-9/h1-6H,(H2,11,14)(H,12,13). The van der Waals surface area contributed by atoms with Crippen LogP contribution in [-0.2, 0) is 10.0 Å². The highest BCUT2D eigenvalue weighted by Gasteiger charge is 2.18. The van der Waals surface area contributed by atoms with Gasteiger partial charge in [0, 0.05) is 11.6 Å². The van der Waals surface area contributed by atoms with Crippen molar-refractivity contribution >= 4 is 33.1 Å². The molecule has 2 aromatic rings. The molecule has 1 amide bonds. The number of primary amides is 1. The summed E-state index contributed by atoms with van der Waals surface area (Å²) >= 11 is 0.981. The molecule has 0 fully saturated rings. The van der Waals surface area contributed by atoms with Gasteiger partial charge in [-0.15, -0.1) is 11.3 Å². The Morgan fingerprint density at radius 2 is 2.17 bits per heavy atom. The van der Waals surface area contributed by atoms with Gasteiger partial charge in [-0.1, -0.05) is 6.07 Å². The number of aromatic nitrogens is 1. The lowest BCUT2D eigenvalue weighted by atomic mass is 10.5. The molecule has 0 aliphatic heterocycles. The van der Waals surface area contributed by atoms with E-state index >= 15 is 0 Å².